The molecule has 1 atom stereocenters. The van der Waals surface area contributed by atoms with Gasteiger partial charge in [-0.25, -0.2) is 0 Å². The zero-order valence-electron chi connectivity index (χ0n) is 10.5. The van der Waals surface area contributed by atoms with Crippen LogP contribution in [0.2, 0.25) is 0 Å². The Morgan fingerprint density at radius 2 is 2.25 bits per heavy atom. The summed E-state index contributed by atoms with van der Waals surface area (Å²) in [6, 6.07) is 2.65. The van der Waals surface area contributed by atoms with E-state index in [4.69, 9.17) is 5.73 Å². The van der Waals surface area contributed by atoms with Crippen LogP contribution in [0.25, 0.3) is 0 Å². The predicted octanol–water partition coefficient (Wildman–Crippen LogP) is 1.59. The van der Waals surface area contributed by atoms with Crippen LogP contribution in [0.4, 0.5) is 5.82 Å². The first-order valence-corrected chi connectivity index (χ1v) is 6.11. The van der Waals surface area contributed by atoms with E-state index < -0.39 is 0 Å². The molecule has 2 heterocycles. The van der Waals surface area contributed by atoms with Crippen LogP contribution in [-0.2, 0) is 7.05 Å². The van der Waals surface area contributed by atoms with Gasteiger partial charge >= 0.3 is 0 Å². The van der Waals surface area contributed by atoms with E-state index in [-0.39, 0.29) is 0 Å². The molecule has 4 heteroatoms. The monoisotopic (exact) mass is 222 g/mol. The molecule has 2 rings (SSSR count). The van der Waals surface area contributed by atoms with Gasteiger partial charge in [-0.05, 0) is 33.2 Å². The van der Waals surface area contributed by atoms with Crippen molar-refractivity contribution < 1.29 is 0 Å². The lowest BCUT2D eigenvalue weighted by Crippen LogP contribution is -2.39. The molecule has 4 nitrogen and oxygen atoms in total. The van der Waals surface area contributed by atoms with Crippen molar-refractivity contribution in [2.45, 2.75) is 38.6 Å². The van der Waals surface area contributed by atoms with E-state index >= 15 is 0 Å². The Bertz CT molecular complexity index is 336. The molecule has 1 saturated heterocycles. The average molecular weight is 222 g/mol. The lowest BCUT2D eigenvalue weighted by Gasteiger charge is -2.34. The fraction of sp³-hybridized carbons (Fsp3) is 0.750. The first-order chi connectivity index (χ1) is 7.58. The summed E-state index contributed by atoms with van der Waals surface area (Å²) < 4.78 is 1.77. The Kier molecular flexibility index (Phi) is 3.19. The quantitative estimate of drug-likeness (QED) is 0.826. The van der Waals surface area contributed by atoms with Gasteiger partial charge in [-0.15, -0.1) is 0 Å². The highest BCUT2D eigenvalue weighted by atomic mass is 15.3. The van der Waals surface area contributed by atoms with Crippen molar-refractivity contribution in [2.75, 3.05) is 18.8 Å². The number of aromatic nitrogens is 2. The van der Waals surface area contributed by atoms with Crippen molar-refractivity contribution in [1.82, 2.24) is 14.7 Å². The summed E-state index contributed by atoms with van der Waals surface area (Å²) in [5, 5.41) is 4.49. The number of rotatable bonds is 2. The third-order valence-electron chi connectivity index (χ3n) is 3.54. The maximum absolute atomic E-state index is 5.83. The van der Waals surface area contributed by atoms with Gasteiger partial charge in [0.2, 0.25) is 0 Å². The van der Waals surface area contributed by atoms with Crippen molar-refractivity contribution >= 4 is 5.82 Å². The van der Waals surface area contributed by atoms with Crippen LogP contribution in [0, 0.1) is 0 Å². The molecule has 1 aliphatic rings. The molecule has 0 spiro atoms. The summed E-state index contributed by atoms with van der Waals surface area (Å²) in [7, 11) is 1.90. The van der Waals surface area contributed by atoms with Gasteiger partial charge in [-0.1, -0.05) is 0 Å². The number of hydrogen-bond donors (Lipinski definition) is 1. The number of hydrogen-bond acceptors (Lipinski definition) is 3. The Morgan fingerprint density at radius 3 is 2.81 bits per heavy atom. The van der Waals surface area contributed by atoms with Crippen LogP contribution in [0.5, 0.6) is 0 Å². The first-order valence-electron chi connectivity index (χ1n) is 6.11. The Labute approximate surface area is 97.4 Å². The number of nitrogens with zero attached hydrogens (tertiary/aromatic N) is 3. The molecule has 0 amide bonds. The number of nitrogens with two attached hydrogens (primary N) is 1. The van der Waals surface area contributed by atoms with Crippen LogP contribution in [0.15, 0.2) is 6.07 Å². The Balaban J connectivity index is 2.09. The van der Waals surface area contributed by atoms with Crippen molar-refractivity contribution in [2.24, 2.45) is 7.05 Å². The summed E-state index contributed by atoms with van der Waals surface area (Å²) in [4.78, 5) is 2.53. The number of anilines is 1. The standard InChI is InChI=1S/C12H22N4/c1-9(2)16-6-4-5-10(8-16)11-7-12(13)15(3)14-11/h7,9-10H,4-6,8,13H2,1-3H3. The van der Waals surface area contributed by atoms with Gasteiger partial charge in [0.25, 0.3) is 0 Å². The van der Waals surface area contributed by atoms with E-state index in [0.29, 0.717) is 12.0 Å². The summed E-state index contributed by atoms with van der Waals surface area (Å²) >= 11 is 0. The van der Waals surface area contributed by atoms with Gasteiger partial charge in [0.1, 0.15) is 5.82 Å². The number of piperidine rings is 1. The second kappa shape index (κ2) is 4.45. The lowest BCUT2D eigenvalue weighted by atomic mass is 9.94. The second-order valence-electron chi connectivity index (χ2n) is 5.05. The molecule has 2 N–H and O–H groups in total. The maximum Gasteiger partial charge on any atom is 0.121 e. The SMILES string of the molecule is CC(C)N1CCCC(c2cc(N)n(C)n2)C1. The molecule has 1 aromatic rings. The molecule has 1 aliphatic heterocycles. The van der Waals surface area contributed by atoms with Gasteiger partial charge in [-0.2, -0.15) is 5.10 Å². The zero-order valence-corrected chi connectivity index (χ0v) is 10.5. The maximum atomic E-state index is 5.83. The summed E-state index contributed by atoms with van der Waals surface area (Å²) in [5.41, 5.74) is 6.99. The van der Waals surface area contributed by atoms with E-state index in [1.165, 1.54) is 19.4 Å². The van der Waals surface area contributed by atoms with Gasteiger partial charge in [0.05, 0.1) is 5.69 Å². The molecule has 0 bridgehead atoms. The number of nitrogen functional groups attached to an aromatic ring is 1. The van der Waals surface area contributed by atoms with Crippen LogP contribution < -0.4 is 5.73 Å². The summed E-state index contributed by atoms with van der Waals surface area (Å²) in [5.74, 6) is 1.32. The van der Waals surface area contributed by atoms with Crippen LogP contribution in [-0.4, -0.2) is 33.8 Å². The fourth-order valence-corrected chi connectivity index (χ4v) is 2.42. The van der Waals surface area contributed by atoms with Crippen molar-refractivity contribution in [3.8, 4) is 0 Å². The van der Waals surface area contributed by atoms with E-state index in [9.17, 15) is 0 Å². The smallest absolute Gasteiger partial charge is 0.121 e. The normalized spacial score (nSPS) is 22.9. The molecule has 0 saturated carbocycles. The number of aryl methyl sites for hydroxylation is 1. The van der Waals surface area contributed by atoms with Crippen molar-refractivity contribution in [3.63, 3.8) is 0 Å². The molecule has 0 aromatic carbocycles. The minimum atomic E-state index is 0.555. The molecule has 0 radical (unpaired) electrons. The van der Waals surface area contributed by atoms with Gasteiger partial charge in [0.15, 0.2) is 0 Å². The molecular formula is C12H22N4. The third kappa shape index (κ3) is 2.21. The average Bonchev–Trinajstić information content (AvgIpc) is 2.59. The topological polar surface area (TPSA) is 47.1 Å². The van der Waals surface area contributed by atoms with Crippen LogP contribution >= 0.6 is 0 Å². The van der Waals surface area contributed by atoms with E-state index in [1.54, 1.807) is 4.68 Å². The predicted molar refractivity (Wildman–Crippen MR) is 66.3 cm³/mol. The third-order valence-corrected chi connectivity index (χ3v) is 3.54. The highest BCUT2D eigenvalue weighted by Gasteiger charge is 2.24. The Hall–Kier alpha value is -1.03. The molecule has 90 valence electrons. The Morgan fingerprint density at radius 1 is 1.50 bits per heavy atom. The van der Waals surface area contributed by atoms with Gasteiger partial charge in [0, 0.05) is 31.6 Å². The fourth-order valence-electron chi connectivity index (χ4n) is 2.42. The molecule has 0 aliphatic carbocycles. The summed E-state index contributed by atoms with van der Waals surface area (Å²) in [6.07, 6.45) is 2.50. The lowest BCUT2D eigenvalue weighted by molar-refractivity contribution is 0.166. The minimum absolute atomic E-state index is 0.555. The molecule has 16 heavy (non-hydrogen) atoms. The largest absolute Gasteiger partial charge is 0.384 e. The molecule has 1 aromatic heterocycles. The van der Waals surface area contributed by atoms with Crippen LogP contribution in [0.3, 0.4) is 0 Å². The molecule has 1 fully saturated rings. The van der Waals surface area contributed by atoms with Gasteiger partial charge < -0.3 is 10.6 Å². The highest BCUT2D eigenvalue weighted by molar-refractivity contribution is 5.32. The van der Waals surface area contributed by atoms with Crippen molar-refractivity contribution in [3.05, 3.63) is 11.8 Å². The number of likely N-dealkylation sites (tertiary alicyclic amines) is 1. The summed E-state index contributed by atoms with van der Waals surface area (Å²) in [6.45, 7) is 6.86. The van der Waals surface area contributed by atoms with E-state index in [0.717, 1.165) is 18.1 Å². The van der Waals surface area contributed by atoms with E-state index in [2.05, 4.69) is 23.8 Å². The molecular weight excluding hydrogens is 200 g/mol. The van der Waals surface area contributed by atoms with Crippen molar-refractivity contribution in [1.29, 1.82) is 0 Å². The first kappa shape index (κ1) is 11.5. The highest BCUT2D eigenvalue weighted by Crippen LogP contribution is 2.27. The molecule has 1 unspecified atom stereocenters. The van der Waals surface area contributed by atoms with E-state index in [1.807, 2.05) is 13.1 Å². The zero-order chi connectivity index (χ0) is 11.7. The van der Waals surface area contributed by atoms with Crippen LogP contribution in [0.1, 0.15) is 38.3 Å². The minimum Gasteiger partial charge on any atom is -0.384 e. The van der Waals surface area contributed by atoms with Gasteiger partial charge in [-0.3, -0.25) is 4.68 Å². The second-order valence-corrected chi connectivity index (χ2v) is 5.05.